The molecule has 3 N–H and O–H groups in total. The van der Waals surface area contributed by atoms with Crippen molar-refractivity contribution in [3.05, 3.63) is 34.9 Å². The first kappa shape index (κ1) is 13.1. The third-order valence-corrected chi connectivity index (χ3v) is 5.13. The summed E-state index contributed by atoms with van der Waals surface area (Å²) in [5, 5.41) is 30.3. The van der Waals surface area contributed by atoms with Gasteiger partial charge in [-0.25, -0.2) is 0 Å². The first-order valence-electron chi connectivity index (χ1n) is 7.30. The van der Waals surface area contributed by atoms with Gasteiger partial charge in [-0.05, 0) is 29.7 Å². The van der Waals surface area contributed by atoms with Crippen molar-refractivity contribution >= 4 is 0 Å². The number of aromatic hydroxyl groups is 2. The molecule has 1 aromatic carbocycles. The predicted octanol–water partition coefficient (Wildman–Crippen LogP) is 1.09. The Morgan fingerprint density at radius 3 is 2.76 bits per heavy atom. The maximum Gasteiger partial charge on any atom is 0.157 e. The normalized spacial score (nSPS) is 34.3. The van der Waals surface area contributed by atoms with Crippen LogP contribution in [0.25, 0.3) is 0 Å². The SMILES string of the molecule is CO[C@H]1C=C2CCN3Cc4cc(O)c(O)cc4[C@H]([C@@H]1O)[C@@H]23. The zero-order valence-electron chi connectivity index (χ0n) is 11.9. The molecule has 0 spiro atoms. The smallest absolute Gasteiger partial charge is 0.157 e. The number of benzene rings is 1. The fraction of sp³-hybridized carbons (Fsp3) is 0.500. The van der Waals surface area contributed by atoms with Gasteiger partial charge in [0, 0.05) is 32.2 Å². The maximum absolute atomic E-state index is 10.7. The number of hydrogen-bond donors (Lipinski definition) is 3. The van der Waals surface area contributed by atoms with Gasteiger partial charge in [-0.15, -0.1) is 0 Å². The largest absolute Gasteiger partial charge is 0.504 e. The molecule has 3 aliphatic rings. The fourth-order valence-electron chi connectivity index (χ4n) is 4.18. The highest BCUT2D eigenvalue weighted by Crippen LogP contribution is 2.48. The molecule has 0 saturated carbocycles. The van der Waals surface area contributed by atoms with Crippen LogP contribution in [-0.4, -0.2) is 52.1 Å². The summed E-state index contributed by atoms with van der Waals surface area (Å²) < 4.78 is 5.42. The third kappa shape index (κ3) is 1.75. The minimum Gasteiger partial charge on any atom is -0.504 e. The molecule has 2 heterocycles. The Hall–Kier alpha value is -1.56. The summed E-state index contributed by atoms with van der Waals surface area (Å²) in [4.78, 5) is 2.34. The number of fused-ring (bicyclic) bond motifs is 2. The van der Waals surface area contributed by atoms with Gasteiger partial charge < -0.3 is 20.1 Å². The van der Waals surface area contributed by atoms with Crippen LogP contribution >= 0.6 is 0 Å². The van der Waals surface area contributed by atoms with Crippen molar-refractivity contribution in [1.29, 1.82) is 0 Å². The molecular weight excluding hydrogens is 270 g/mol. The second-order valence-electron chi connectivity index (χ2n) is 6.16. The Labute approximate surface area is 123 Å². The van der Waals surface area contributed by atoms with E-state index in [1.807, 2.05) is 0 Å². The number of hydrogen-bond acceptors (Lipinski definition) is 5. The van der Waals surface area contributed by atoms with Crippen molar-refractivity contribution in [3.63, 3.8) is 0 Å². The zero-order valence-corrected chi connectivity index (χ0v) is 11.9. The van der Waals surface area contributed by atoms with Gasteiger partial charge in [0.05, 0.1) is 6.10 Å². The Bertz CT molecular complexity index is 627. The van der Waals surface area contributed by atoms with Gasteiger partial charge in [-0.1, -0.05) is 11.6 Å². The van der Waals surface area contributed by atoms with E-state index in [9.17, 15) is 15.3 Å². The molecule has 112 valence electrons. The van der Waals surface area contributed by atoms with Crippen LogP contribution in [0, 0.1) is 0 Å². The Morgan fingerprint density at radius 1 is 1.24 bits per heavy atom. The number of methoxy groups -OCH3 is 1. The summed E-state index contributed by atoms with van der Waals surface area (Å²) >= 11 is 0. The van der Waals surface area contributed by atoms with Crippen molar-refractivity contribution in [3.8, 4) is 11.5 Å². The van der Waals surface area contributed by atoms with E-state index in [4.69, 9.17) is 4.74 Å². The minimum atomic E-state index is -0.646. The Balaban J connectivity index is 1.88. The lowest BCUT2D eigenvalue weighted by molar-refractivity contribution is -0.0231. The van der Waals surface area contributed by atoms with E-state index in [0.717, 1.165) is 30.6 Å². The van der Waals surface area contributed by atoms with Crippen molar-refractivity contribution in [2.24, 2.45) is 0 Å². The number of phenolic OH excluding ortho intramolecular Hbond substituents is 2. The Kier molecular flexibility index (Phi) is 2.79. The number of ether oxygens (including phenoxy) is 1. The molecule has 5 nitrogen and oxygen atoms in total. The highest BCUT2D eigenvalue weighted by molar-refractivity contribution is 5.51. The van der Waals surface area contributed by atoms with Crippen LogP contribution in [0.2, 0.25) is 0 Å². The van der Waals surface area contributed by atoms with E-state index in [1.165, 1.54) is 5.57 Å². The first-order chi connectivity index (χ1) is 10.1. The van der Waals surface area contributed by atoms with E-state index in [-0.39, 0.29) is 29.6 Å². The standard InChI is InChI=1S/C16H19NO4/c1-21-13-5-8-2-3-17-7-9-4-11(18)12(19)6-10(9)14(15(8)17)16(13)20/h4-6,13-16,18-20H,2-3,7H2,1H3/t13-,14-,15+,16+/m0/s1. The molecule has 0 amide bonds. The van der Waals surface area contributed by atoms with Gasteiger partial charge in [-0.2, -0.15) is 0 Å². The lowest BCUT2D eigenvalue weighted by atomic mass is 9.73. The molecular formula is C16H19NO4. The van der Waals surface area contributed by atoms with Gasteiger partial charge in [0.15, 0.2) is 11.5 Å². The summed E-state index contributed by atoms with van der Waals surface area (Å²) in [7, 11) is 1.61. The number of aliphatic hydroxyl groups is 1. The number of nitrogens with zero attached hydrogens (tertiary/aromatic N) is 1. The van der Waals surface area contributed by atoms with E-state index in [1.54, 1.807) is 19.2 Å². The number of aliphatic hydroxyl groups excluding tert-OH is 1. The first-order valence-corrected chi connectivity index (χ1v) is 7.30. The summed E-state index contributed by atoms with van der Waals surface area (Å²) in [5.41, 5.74) is 3.22. The average Bonchev–Trinajstić information content (AvgIpc) is 2.86. The fourth-order valence-corrected chi connectivity index (χ4v) is 4.18. The van der Waals surface area contributed by atoms with Gasteiger partial charge in [0.25, 0.3) is 0 Å². The lowest BCUT2D eigenvalue weighted by Gasteiger charge is -2.45. The second-order valence-corrected chi connectivity index (χ2v) is 6.16. The summed E-state index contributed by atoms with van der Waals surface area (Å²) in [5.74, 6) is -0.346. The Morgan fingerprint density at radius 2 is 2.00 bits per heavy atom. The van der Waals surface area contributed by atoms with Gasteiger partial charge >= 0.3 is 0 Å². The van der Waals surface area contributed by atoms with E-state index >= 15 is 0 Å². The quantitative estimate of drug-likeness (QED) is 0.533. The summed E-state index contributed by atoms with van der Waals surface area (Å²) in [6.07, 6.45) is 2.08. The van der Waals surface area contributed by atoms with Crippen molar-refractivity contribution < 1.29 is 20.1 Å². The molecule has 1 fully saturated rings. The van der Waals surface area contributed by atoms with Crippen LogP contribution in [0.4, 0.5) is 0 Å². The topological polar surface area (TPSA) is 73.2 Å². The predicted molar refractivity (Wildman–Crippen MR) is 76.2 cm³/mol. The molecule has 4 rings (SSSR count). The maximum atomic E-state index is 10.7. The molecule has 0 aromatic heterocycles. The molecule has 1 aliphatic carbocycles. The number of rotatable bonds is 1. The molecule has 0 bridgehead atoms. The van der Waals surface area contributed by atoms with Crippen LogP contribution in [0.1, 0.15) is 23.5 Å². The molecule has 2 aliphatic heterocycles. The molecule has 1 aromatic rings. The van der Waals surface area contributed by atoms with Gasteiger partial charge in [0.1, 0.15) is 6.10 Å². The van der Waals surface area contributed by atoms with Crippen LogP contribution < -0.4 is 0 Å². The number of phenols is 2. The van der Waals surface area contributed by atoms with Gasteiger partial charge in [0.2, 0.25) is 0 Å². The highest BCUT2D eigenvalue weighted by atomic mass is 16.5. The van der Waals surface area contributed by atoms with Crippen molar-refractivity contribution in [2.45, 2.75) is 37.1 Å². The third-order valence-electron chi connectivity index (χ3n) is 5.13. The summed E-state index contributed by atoms with van der Waals surface area (Å²) in [6.45, 7) is 1.70. The van der Waals surface area contributed by atoms with Crippen LogP contribution in [0.5, 0.6) is 11.5 Å². The molecule has 21 heavy (non-hydrogen) atoms. The summed E-state index contributed by atoms with van der Waals surface area (Å²) in [6, 6.07) is 3.40. The molecule has 0 unspecified atom stereocenters. The van der Waals surface area contributed by atoms with Crippen molar-refractivity contribution in [1.82, 2.24) is 4.90 Å². The molecule has 0 radical (unpaired) electrons. The lowest BCUT2D eigenvalue weighted by Crippen LogP contribution is -2.50. The second kappa shape index (κ2) is 4.47. The molecule has 1 saturated heterocycles. The highest BCUT2D eigenvalue weighted by Gasteiger charge is 2.48. The van der Waals surface area contributed by atoms with Crippen molar-refractivity contribution in [2.75, 3.05) is 13.7 Å². The van der Waals surface area contributed by atoms with E-state index in [2.05, 4.69) is 11.0 Å². The van der Waals surface area contributed by atoms with Crippen LogP contribution in [-0.2, 0) is 11.3 Å². The van der Waals surface area contributed by atoms with E-state index in [0.29, 0.717) is 0 Å². The van der Waals surface area contributed by atoms with E-state index < -0.39 is 6.10 Å². The minimum absolute atomic E-state index is 0.101. The van der Waals surface area contributed by atoms with Gasteiger partial charge in [-0.3, -0.25) is 4.90 Å². The molecule has 4 atom stereocenters. The molecule has 5 heteroatoms. The average molecular weight is 289 g/mol. The van der Waals surface area contributed by atoms with Crippen LogP contribution in [0.15, 0.2) is 23.8 Å². The zero-order chi connectivity index (χ0) is 14.7. The van der Waals surface area contributed by atoms with Crippen LogP contribution in [0.3, 0.4) is 0 Å². The monoisotopic (exact) mass is 289 g/mol.